The van der Waals surface area contributed by atoms with Crippen molar-refractivity contribution in [1.29, 1.82) is 0 Å². The molecule has 5 heteroatoms. The van der Waals surface area contributed by atoms with Crippen LogP contribution in [-0.2, 0) is 9.59 Å². The summed E-state index contributed by atoms with van der Waals surface area (Å²) in [7, 11) is 0. The zero-order chi connectivity index (χ0) is 14.7. The Labute approximate surface area is 127 Å². The van der Waals surface area contributed by atoms with Crippen LogP contribution in [0.3, 0.4) is 0 Å². The largest absolute Gasteiger partial charge is 0.344 e. The second-order valence-electron chi connectivity index (χ2n) is 5.03. The number of benzene rings is 1. The van der Waals surface area contributed by atoms with Gasteiger partial charge in [0.2, 0.25) is 11.8 Å². The highest BCUT2D eigenvalue weighted by molar-refractivity contribution is 9.10. The van der Waals surface area contributed by atoms with Crippen LogP contribution in [0.4, 0.5) is 5.69 Å². The number of amides is 2. The van der Waals surface area contributed by atoms with Crippen molar-refractivity contribution >= 4 is 33.4 Å². The Hall–Kier alpha value is -1.36. The molecule has 1 saturated heterocycles. The van der Waals surface area contributed by atoms with Crippen LogP contribution in [0.5, 0.6) is 0 Å². The van der Waals surface area contributed by atoms with Crippen molar-refractivity contribution in [3.63, 3.8) is 0 Å². The van der Waals surface area contributed by atoms with Gasteiger partial charge in [0.15, 0.2) is 0 Å². The van der Waals surface area contributed by atoms with E-state index < -0.39 is 6.04 Å². The molecular weight excluding hydrogens is 320 g/mol. The average molecular weight is 339 g/mol. The van der Waals surface area contributed by atoms with E-state index in [0.29, 0.717) is 19.4 Å². The van der Waals surface area contributed by atoms with Gasteiger partial charge in [-0.3, -0.25) is 9.59 Å². The van der Waals surface area contributed by atoms with Crippen LogP contribution in [0.1, 0.15) is 31.7 Å². The maximum atomic E-state index is 12.6. The number of hydrogen-bond donors (Lipinski definition) is 1. The van der Waals surface area contributed by atoms with Crippen molar-refractivity contribution in [2.45, 2.75) is 39.2 Å². The van der Waals surface area contributed by atoms with Crippen molar-refractivity contribution < 1.29 is 9.59 Å². The van der Waals surface area contributed by atoms with Crippen molar-refractivity contribution in [2.75, 3.05) is 11.4 Å². The van der Waals surface area contributed by atoms with Crippen LogP contribution in [0.2, 0.25) is 0 Å². The predicted molar refractivity (Wildman–Crippen MR) is 82.7 cm³/mol. The quantitative estimate of drug-likeness (QED) is 0.921. The van der Waals surface area contributed by atoms with E-state index in [9.17, 15) is 9.59 Å². The van der Waals surface area contributed by atoms with Crippen molar-refractivity contribution in [3.8, 4) is 0 Å². The smallest absolute Gasteiger partial charge is 0.249 e. The Morgan fingerprint density at radius 1 is 1.40 bits per heavy atom. The van der Waals surface area contributed by atoms with E-state index in [1.807, 2.05) is 32.0 Å². The topological polar surface area (TPSA) is 49.4 Å². The third-order valence-corrected chi connectivity index (χ3v) is 4.43. The van der Waals surface area contributed by atoms with E-state index in [-0.39, 0.29) is 11.8 Å². The zero-order valence-corrected chi connectivity index (χ0v) is 13.4. The highest BCUT2D eigenvalue weighted by atomic mass is 79.9. The maximum absolute atomic E-state index is 12.6. The fourth-order valence-electron chi connectivity index (χ4n) is 2.45. The number of carbonyl (C=O) groups excluding carboxylic acids is 2. The summed E-state index contributed by atoms with van der Waals surface area (Å²) < 4.78 is 0.971. The maximum Gasteiger partial charge on any atom is 0.249 e. The lowest BCUT2D eigenvalue weighted by atomic mass is 10.1. The molecule has 1 aliphatic heterocycles. The molecule has 2 amide bonds. The summed E-state index contributed by atoms with van der Waals surface area (Å²) in [6.07, 6.45) is 1.88. The summed E-state index contributed by atoms with van der Waals surface area (Å²) in [6.45, 7) is 4.42. The van der Waals surface area contributed by atoms with E-state index >= 15 is 0 Å². The Bertz CT molecular complexity index is 531. The van der Waals surface area contributed by atoms with E-state index in [0.717, 1.165) is 22.1 Å². The van der Waals surface area contributed by atoms with Gasteiger partial charge in [0.1, 0.15) is 6.04 Å². The number of anilines is 1. The van der Waals surface area contributed by atoms with Gasteiger partial charge in [-0.25, -0.2) is 0 Å². The number of halogens is 1. The number of hydrogen-bond acceptors (Lipinski definition) is 2. The Morgan fingerprint density at radius 2 is 2.15 bits per heavy atom. The molecule has 1 heterocycles. The molecule has 20 heavy (non-hydrogen) atoms. The van der Waals surface area contributed by atoms with Gasteiger partial charge in [-0.05, 0) is 31.0 Å². The van der Waals surface area contributed by atoms with Gasteiger partial charge in [-0.2, -0.15) is 0 Å². The Balaban J connectivity index is 2.36. The normalized spacial score (nSPS) is 19.8. The van der Waals surface area contributed by atoms with E-state index in [2.05, 4.69) is 21.2 Å². The molecule has 1 N–H and O–H groups in total. The highest BCUT2D eigenvalue weighted by Gasteiger charge is 2.30. The first-order chi connectivity index (χ1) is 9.54. The second-order valence-corrected chi connectivity index (χ2v) is 5.89. The van der Waals surface area contributed by atoms with Gasteiger partial charge >= 0.3 is 0 Å². The van der Waals surface area contributed by atoms with Crippen molar-refractivity contribution in [3.05, 3.63) is 28.2 Å². The first-order valence-corrected chi connectivity index (χ1v) is 7.69. The monoisotopic (exact) mass is 338 g/mol. The number of rotatable bonds is 3. The molecule has 1 aliphatic rings. The van der Waals surface area contributed by atoms with Gasteiger partial charge in [-0.15, -0.1) is 0 Å². The molecule has 1 unspecified atom stereocenters. The summed E-state index contributed by atoms with van der Waals surface area (Å²) in [4.78, 5) is 26.1. The lowest BCUT2D eigenvalue weighted by Gasteiger charge is -2.25. The first-order valence-electron chi connectivity index (χ1n) is 6.90. The first kappa shape index (κ1) is 15.0. The van der Waals surface area contributed by atoms with Crippen LogP contribution >= 0.6 is 15.9 Å². The summed E-state index contributed by atoms with van der Waals surface area (Å²) in [5.74, 6) is -0.0640. The van der Waals surface area contributed by atoms with Gasteiger partial charge < -0.3 is 10.2 Å². The number of nitrogens with one attached hydrogen (secondary N) is 1. The van der Waals surface area contributed by atoms with Crippen LogP contribution in [0.15, 0.2) is 22.7 Å². The Kier molecular flexibility index (Phi) is 4.81. The van der Waals surface area contributed by atoms with Crippen molar-refractivity contribution in [2.24, 2.45) is 0 Å². The summed E-state index contributed by atoms with van der Waals surface area (Å²) >= 11 is 3.49. The predicted octanol–water partition coefficient (Wildman–Crippen LogP) is 2.78. The molecular formula is C15H19BrN2O2. The fourth-order valence-corrected chi connectivity index (χ4v) is 2.81. The lowest BCUT2D eigenvalue weighted by Crippen LogP contribution is -2.44. The molecule has 0 aromatic heterocycles. The van der Waals surface area contributed by atoms with Crippen LogP contribution < -0.4 is 10.2 Å². The van der Waals surface area contributed by atoms with Gasteiger partial charge in [0.05, 0.1) is 0 Å². The zero-order valence-electron chi connectivity index (χ0n) is 11.8. The van der Waals surface area contributed by atoms with Crippen LogP contribution in [0.25, 0.3) is 0 Å². The third kappa shape index (κ3) is 3.03. The minimum atomic E-state index is -0.409. The molecule has 1 fully saturated rings. The summed E-state index contributed by atoms with van der Waals surface area (Å²) in [6, 6.07) is 5.38. The van der Waals surface area contributed by atoms with E-state index in [1.165, 1.54) is 0 Å². The molecule has 0 aliphatic carbocycles. The molecule has 0 bridgehead atoms. The minimum absolute atomic E-state index is 0.0149. The van der Waals surface area contributed by atoms with Gasteiger partial charge in [0.25, 0.3) is 0 Å². The SMILES string of the molecule is CCCC1NC(=O)CCN(c2cccc(Br)c2C)C1=O. The third-order valence-electron chi connectivity index (χ3n) is 3.57. The fraction of sp³-hybridized carbons (Fsp3) is 0.467. The van der Waals surface area contributed by atoms with Crippen LogP contribution in [0, 0.1) is 6.92 Å². The molecule has 108 valence electrons. The Morgan fingerprint density at radius 3 is 2.85 bits per heavy atom. The second kappa shape index (κ2) is 6.39. The molecule has 2 rings (SSSR count). The summed E-state index contributed by atoms with van der Waals surface area (Å²) in [5, 5.41) is 2.82. The molecule has 0 radical (unpaired) electrons. The molecule has 0 spiro atoms. The van der Waals surface area contributed by atoms with Crippen molar-refractivity contribution in [1.82, 2.24) is 5.32 Å². The molecule has 4 nitrogen and oxygen atoms in total. The minimum Gasteiger partial charge on any atom is -0.344 e. The van der Waals surface area contributed by atoms with Gasteiger partial charge in [0, 0.05) is 23.1 Å². The molecule has 1 aromatic carbocycles. The molecule has 1 aromatic rings. The number of nitrogens with zero attached hydrogens (tertiary/aromatic N) is 1. The van der Waals surface area contributed by atoms with E-state index in [1.54, 1.807) is 4.90 Å². The summed E-state index contributed by atoms with van der Waals surface area (Å²) in [5.41, 5.74) is 1.90. The average Bonchev–Trinajstić information content (AvgIpc) is 2.55. The van der Waals surface area contributed by atoms with E-state index in [4.69, 9.17) is 0 Å². The standard InChI is InChI=1S/C15H19BrN2O2/c1-3-5-12-15(20)18(9-8-14(19)17-12)13-7-4-6-11(16)10(13)2/h4,6-7,12H,3,5,8-9H2,1-2H3,(H,17,19). The van der Waals surface area contributed by atoms with Gasteiger partial charge in [-0.1, -0.05) is 35.3 Å². The molecule has 0 saturated carbocycles. The van der Waals surface area contributed by atoms with Crippen LogP contribution in [-0.4, -0.2) is 24.4 Å². The lowest BCUT2D eigenvalue weighted by molar-refractivity contribution is -0.125. The highest BCUT2D eigenvalue weighted by Crippen LogP contribution is 2.28. The molecule has 1 atom stereocenters. The number of carbonyl (C=O) groups is 2.